The predicted octanol–water partition coefficient (Wildman–Crippen LogP) is 1.70. The second-order valence-corrected chi connectivity index (χ2v) is 7.95. The van der Waals surface area contributed by atoms with E-state index in [4.69, 9.17) is 9.39 Å². The first kappa shape index (κ1) is 19.9. The number of benzene rings is 1. The number of ether oxygens (including phenoxy) is 1. The predicted molar refractivity (Wildman–Crippen MR) is 103 cm³/mol. The van der Waals surface area contributed by atoms with Crippen molar-refractivity contribution in [2.75, 3.05) is 6.61 Å². The van der Waals surface area contributed by atoms with Crippen LogP contribution in [0.3, 0.4) is 0 Å². The smallest absolute Gasteiger partial charge is 0.464 e. The summed E-state index contributed by atoms with van der Waals surface area (Å²) in [5.74, 6) is -0.370. The van der Waals surface area contributed by atoms with Crippen molar-refractivity contribution in [1.82, 2.24) is 5.32 Å². The topological polar surface area (TPSA) is 84.9 Å². The first-order valence-corrected chi connectivity index (χ1v) is 9.78. The molecule has 146 valence electrons. The fraction of sp³-hybridized carbons (Fsp3) is 0.600. The van der Waals surface area contributed by atoms with Crippen molar-refractivity contribution in [3.63, 3.8) is 0 Å². The maximum Gasteiger partial charge on any atom is 0.492 e. The van der Waals surface area contributed by atoms with Crippen LogP contribution in [0.25, 0.3) is 0 Å². The Bertz CT molecular complexity index is 715. The summed E-state index contributed by atoms with van der Waals surface area (Å²) in [6.45, 7) is 6.32. The molecule has 0 unspecified atom stereocenters. The summed E-state index contributed by atoms with van der Waals surface area (Å²) in [5.41, 5.74) is 2.64. The van der Waals surface area contributed by atoms with Crippen molar-refractivity contribution in [1.29, 1.82) is 0 Å². The molecule has 2 N–H and O–H groups in total. The highest BCUT2D eigenvalue weighted by molar-refractivity contribution is 6.62. The normalized spacial score (nSPS) is 17.9. The molecule has 0 spiro atoms. The molecule has 1 fully saturated rings. The van der Waals surface area contributed by atoms with Gasteiger partial charge in [0.1, 0.15) is 6.04 Å². The van der Waals surface area contributed by atoms with E-state index in [9.17, 15) is 14.6 Å². The number of rotatable bonds is 6. The van der Waals surface area contributed by atoms with E-state index in [1.165, 1.54) is 12.8 Å². The molecule has 2 aliphatic rings. The Hall–Kier alpha value is -1.86. The van der Waals surface area contributed by atoms with Gasteiger partial charge in [0.25, 0.3) is 5.91 Å². The van der Waals surface area contributed by atoms with Crippen molar-refractivity contribution in [2.24, 2.45) is 11.8 Å². The average Bonchev–Trinajstić information content (AvgIpc) is 3.27. The third kappa shape index (κ3) is 4.35. The molecule has 1 saturated carbocycles. The fourth-order valence-corrected chi connectivity index (χ4v) is 3.94. The Balaban J connectivity index is 1.68. The number of carbonyl (C=O) groups excluding carboxylic acids is 2. The van der Waals surface area contributed by atoms with Crippen LogP contribution in [0, 0.1) is 18.8 Å². The summed E-state index contributed by atoms with van der Waals surface area (Å²) in [7, 11) is -1.01. The van der Waals surface area contributed by atoms with Gasteiger partial charge in [0.2, 0.25) is 0 Å². The van der Waals surface area contributed by atoms with Crippen molar-refractivity contribution < 1.29 is 24.0 Å². The molecule has 0 saturated heterocycles. The zero-order valence-electron chi connectivity index (χ0n) is 16.3. The molecule has 1 aliphatic carbocycles. The zero-order valence-corrected chi connectivity index (χ0v) is 16.3. The highest BCUT2D eigenvalue weighted by Gasteiger charge is 2.32. The van der Waals surface area contributed by atoms with E-state index in [1.54, 1.807) is 19.1 Å². The van der Waals surface area contributed by atoms with E-state index in [2.05, 4.69) is 5.32 Å². The molecule has 6 nitrogen and oxygen atoms in total. The van der Waals surface area contributed by atoms with Gasteiger partial charge in [0, 0.05) is 5.56 Å². The van der Waals surface area contributed by atoms with Crippen LogP contribution < -0.4 is 10.8 Å². The Morgan fingerprint density at radius 2 is 2.04 bits per heavy atom. The molecule has 7 heteroatoms. The van der Waals surface area contributed by atoms with Crippen LogP contribution in [0.2, 0.25) is 0 Å². The minimum absolute atomic E-state index is 0.0892. The van der Waals surface area contributed by atoms with Gasteiger partial charge in [-0.2, -0.15) is 0 Å². The van der Waals surface area contributed by atoms with Crippen LogP contribution >= 0.6 is 0 Å². The largest absolute Gasteiger partial charge is 0.492 e. The van der Waals surface area contributed by atoms with Crippen molar-refractivity contribution in [3.05, 3.63) is 28.8 Å². The van der Waals surface area contributed by atoms with Crippen LogP contribution in [0.4, 0.5) is 0 Å². The first-order chi connectivity index (χ1) is 12.9. The van der Waals surface area contributed by atoms with Crippen LogP contribution in [0.1, 0.15) is 61.0 Å². The molecular formula is C20H28BNO5. The van der Waals surface area contributed by atoms with Crippen molar-refractivity contribution in [2.45, 2.75) is 59.1 Å². The minimum atomic E-state index is -1.01. The highest BCUT2D eigenvalue weighted by Crippen LogP contribution is 2.25. The Morgan fingerprint density at radius 1 is 1.33 bits per heavy atom. The summed E-state index contributed by atoms with van der Waals surface area (Å²) in [6, 6.07) is 2.80. The number of carbonyl (C=O) groups is 2. The molecule has 27 heavy (non-hydrogen) atoms. The number of hydrogen-bond donors (Lipinski definition) is 2. The molecule has 1 aromatic rings. The number of nitrogens with one attached hydrogen (secondary N) is 1. The van der Waals surface area contributed by atoms with Crippen molar-refractivity contribution >= 4 is 24.5 Å². The van der Waals surface area contributed by atoms with Crippen LogP contribution in [-0.2, 0) is 20.8 Å². The minimum Gasteiger partial charge on any atom is -0.464 e. The molecule has 3 rings (SSSR count). The average molecular weight is 373 g/mol. The number of fused-ring (bicyclic) bond motifs is 1. The van der Waals surface area contributed by atoms with E-state index in [0.29, 0.717) is 35.7 Å². The lowest BCUT2D eigenvalue weighted by Crippen LogP contribution is -2.46. The van der Waals surface area contributed by atoms with Gasteiger partial charge in [-0.05, 0) is 54.3 Å². The third-order valence-corrected chi connectivity index (χ3v) is 5.64. The lowest BCUT2D eigenvalue weighted by Gasteiger charge is -2.22. The van der Waals surface area contributed by atoms with E-state index in [-0.39, 0.29) is 17.8 Å². The fourth-order valence-electron chi connectivity index (χ4n) is 3.94. The number of amides is 1. The molecular weight excluding hydrogens is 345 g/mol. The van der Waals surface area contributed by atoms with Gasteiger partial charge in [-0.3, -0.25) is 4.79 Å². The summed E-state index contributed by atoms with van der Waals surface area (Å²) >= 11 is 0. The van der Waals surface area contributed by atoms with Gasteiger partial charge in [-0.15, -0.1) is 0 Å². The van der Waals surface area contributed by atoms with Crippen LogP contribution in [0.5, 0.6) is 0 Å². The van der Waals surface area contributed by atoms with Gasteiger partial charge < -0.3 is 19.7 Å². The monoisotopic (exact) mass is 373 g/mol. The Labute approximate surface area is 160 Å². The molecule has 0 bridgehead atoms. The zero-order chi connectivity index (χ0) is 19.6. The van der Waals surface area contributed by atoms with Gasteiger partial charge in [-0.25, -0.2) is 4.79 Å². The standard InChI is InChI=1S/C20H28BNO5/c1-12(2)18(20(24)26-10-14-6-4-5-7-14)22-19(23)16-9-8-15-11-27-21(25)17(15)13(16)3/h8-9,12,14,18,25H,4-7,10-11H2,1-3H3,(H,22,23)/t18-/m0/s1. The molecule has 1 aromatic carbocycles. The molecule has 1 amide bonds. The first-order valence-electron chi connectivity index (χ1n) is 9.78. The summed E-state index contributed by atoms with van der Waals surface area (Å²) < 4.78 is 10.7. The number of esters is 1. The summed E-state index contributed by atoms with van der Waals surface area (Å²) in [5, 5.41) is 12.8. The molecule has 0 radical (unpaired) electrons. The van der Waals surface area contributed by atoms with E-state index < -0.39 is 13.2 Å². The SMILES string of the molecule is Cc1c(C(=O)N[C@H](C(=O)OCC2CCCC2)C(C)C)ccc2c1B(O)OC2. The van der Waals surface area contributed by atoms with Crippen LogP contribution in [-0.4, -0.2) is 36.7 Å². The van der Waals surface area contributed by atoms with E-state index in [1.807, 2.05) is 13.8 Å². The van der Waals surface area contributed by atoms with E-state index >= 15 is 0 Å². The maximum atomic E-state index is 12.8. The maximum absolute atomic E-state index is 12.8. The lowest BCUT2D eigenvalue weighted by molar-refractivity contribution is -0.148. The van der Waals surface area contributed by atoms with Crippen LogP contribution in [0.15, 0.2) is 12.1 Å². The van der Waals surface area contributed by atoms with Gasteiger partial charge in [0.15, 0.2) is 0 Å². The molecule has 1 heterocycles. The number of hydrogen-bond acceptors (Lipinski definition) is 5. The van der Waals surface area contributed by atoms with Gasteiger partial charge in [-0.1, -0.05) is 32.8 Å². The van der Waals surface area contributed by atoms with Gasteiger partial charge >= 0.3 is 13.1 Å². The Morgan fingerprint density at radius 3 is 2.70 bits per heavy atom. The second-order valence-electron chi connectivity index (χ2n) is 7.95. The molecule has 0 aromatic heterocycles. The summed E-state index contributed by atoms with van der Waals surface area (Å²) in [4.78, 5) is 25.3. The lowest BCUT2D eigenvalue weighted by atomic mass is 9.75. The van der Waals surface area contributed by atoms with Crippen molar-refractivity contribution in [3.8, 4) is 0 Å². The quantitative estimate of drug-likeness (QED) is 0.586. The third-order valence-electron chi connectivity index (χ3n) is 5.64. The second kappa shape index (κ2) is 8.44. The highest BCUT2D eigenvalue weighted by atomic mass is 16.5. The van der Waals surface area contributed by atoms with Gasteiger partial charge in [0.05, 0.1) is 13.2 Å². The molecule has 1 aliphatic heterocycles. The summed E-state index contributed by atoms with van der Waals surface area (Å²) in [6.07, 6.45) is 4.59. The molecule has 1 atom stereocenters. The Kier molecular flexibility index (Phi) is 6.22. The van der Waals surface area contributed by atoms with E-state index in [0.717, 1.165) is 18.4 Å².